The molecule has 1 atom stereocenters. The Morgan fingerprint density at radius 3 is 3.00 bits per heavy atom. The summed E-state index contributed by atoms with van der Waals surface area (Å²) in [5, 5.41) is 13.2. The summed E-state index contributed by atoms with van der Waals surface area (Å²) in [7, 11) is 1.52. The van der Waals surface area contributed by atoms with E-state index in [1.165, 1.54) is 7.11 Å². The third kappa shape index (κ3) is 2.16. The minimum absolute atomic E-state index is 0.0439. The van der Waals surface area contributed by atoms with Crippen LogP contribution >= 0.6 is 11.6 Å². The summed E-state index contributed by atoms with van der Waals surface area (Å²) in [6.07, 6.45) is -0.438. The molecule has 2 N–H and O–H groups in total. The van der Waals surface area contributed by atoms with Crippen LogP contribution in [0.1, 0.15) is 22.8 Å². The van der Waals surface area contributed by atoms with E-state index in [0.29, 0.717) is 17.0 Å². The number of anilines is 1. The van der Waals surface area contributed by atoms with Crippen molar-refractivity contribution in [2.24, 2.45) is 0 Å². The second-order valence-electron chi connectivity index (χ2n) is 4.13. The van der Waals surface area contributed by atoms with Crippen molar-refractivity contribution in [2.75, 3.05) is 19.0 Å². The van der Waals surface area contributed by atoms with Gasteiger partial charge >= 0.3 is 0 Å². The highest BCUT2D eigenvalue weighted by Crippen LogP contribution is 2.37. The minimum Gasteiger partial charge on any atom is -0.386 e. The molecule has 5 heteroatoms. The van der Waals surface area contributed by atoms with Gasteiger partial charge in [-0.15, -0.1) is 0 Å². The molecule has 0 fully saturated rings. The minimum atomic E-state index is -0.771. The Bertz CT molecular complexity index is 473. The summed E-state index contributed by atoms with van der Waals surface area (Å²) in [6.45, 7) is 2.01. The largest absolute Gasteiger partial charge is 0.386 e. The maximum atomic E-state index is 11.3. The van der Waals surface area contributed by atoms with Crippen LogP contribution in [0.5, 0.6) is 0 Å². The van der Waals surface area contributed by atoms with Gasteiger partial charge in [0.15, 0.2) is 0 Å². The summed E-state index contributed by atoms with van der Waals surface area (Å²) < 4.78 is 4.90. The van der Waals surface area contributed by atoms with Crippen LogP contribution in [0.2, 0.25) is 5.02 Å². The molecule has 1 aliphatic rings. The summed E-state index contributed by atoms with van der Waals surface area (Å²) in [6, 6.07) is 1.77. The molecule has 1 amide bonds. The van der Waals surface area contributed by atoms with E-state index in [1.54, 1.807) is 6.07 Å². The molecular weight excluding hydrogens is 242 g/mol. The fourth-order valence-corrected chi connectivity index (χ4v) is 2.33. The summed E-state index contributed by atoms with van der Waals surface area (Å²) in [5.74, 6) is -0.0439. The van der Waals surface area contributed by atoms with E-state index in [1.807, 2.05) is 6.92 Å². The smallest absolute Gasteiger partial charge is 0.228 e. The van der Waals surface area contributed by atoms with E-state index in [0.717, 1.165) is 16.8 Å². The van der Waals surface area contributed by atoms with Gasteiger partial charge in [-0.1, -0.05) is 11.6 Å². The number of benzene rings is 1. The van der Waals surface area contributed by atoms with Gasteiger partial charge in [0, 0.05) is 18.4 Å². The molecule has 1 aliphatic heterocycles. The molecule has 0 aliphatic carbocycles. The van der Waals surface area contributed by atoms with Gasteiger partial charge in [0.25, 0.3) is 0 Å². The van der Waals surface area contributed by atoms with Crippen molar-refractivity contribution in [1.82, 2.24) is 0 Å². The van der Waals surface area contributed by atoms with E-state index in [-0.39, 0.29) is 12.5 Å². The van der Waals surface area contributed by atoms with Gasteiger partial charge in [-0.05, 0) is 24.1 Å². The van der Waals surface area contributed by atoms with Crippen molar-refractivity contribution in [3.8, 4) is 0 Å². The molecule has 0 radical (unpaired) electrons. The van der Waals surface area contributed by atoms with Crippen molar-refractivity contribution >= 4 is 23.2 Å². The maximum absolute atomic E-state index is 11.3. The Labute approximate surface area is 105 Å². The molecule has 0 aromatic heterocycles. The van der Waals surface area contributed by atoms with Crippen molar-refractivity contribution in [3.63, 3.8) is 0 Å². The van der Waals surface area contributed by atoms with E-state index in [2.05, 4.69) is 5.32 Å². The molecule has 0 spiro atoms. The highest BCUT2D eigenvalue weighted by Gasteiger charge is 2.24. The number of hydrogen-bond acceptors (Lipinski definition) is 3. The lowest BCUT2D eigenvalue weighted by Crippen LogP contribution is -2.07. The fraction of sp³-hybridized carbons (Fsp3) is 0.417. The van der Waals surface area contributed by atoms with Crippen LogP contribution < -0.4 is 5.32 Å². The number of rotatable bonds is 3. The summed E-state index contributed by atoms with van der Waals surface area (Å²) >= 11 is 6.19. The zero-order valence-electron chi connectivity index (χ0n) is 9.71. The molecule has 1 heterocycles. The quantitative estimate of drug-likeness (QED) is 0.866. The number of methoxy groups -OCH3 is 1. The molecule has 92 valence electrons. The standard InChI is InChI=1S/C12H14ClNO3/c1-6-11(13)8(9(15)5-17-2)3-7-4-10(16)14-12(6)7/h3,9,15H,4-5H2,1-2H3,(H,14,16). The summed E-state index contributed by atoms with van der Waals surface area (Å²) in [4.78, 5) is 11.3. The number of carbonyl (C=O) groups excluding carboxylic acids is 1. The third-order valence-electron chi connectivity index (χ3n) is 2.91. The first-order chi connectivity index (χ1) is 8.04. The SMILES string of the molecule is COCC(O)c1cc2c(c(C)c1Cl)NC(=O)C2. The van der Waals surface area contributed by atoms with Crippen LogP contribution in [0, 0.1) is 6.92 Å². The average Bonchev–Trinajstić information content (AvgIpc) is 2.65. The highest BCUT2D eigenvalue weighted by molar-refractivity contribution is 6.33. The van der Waals surface area contributed by atoms with E-state index >= 15 is 0 Å². The van der Waals surface area contributed by atoms with E-state index in [9.17, 15) is 9.90 Å². The molecule has 1 unspecified atom stereocenters. The van der Waals surface area contributed by atoms with Crippen LogP contribution in [0.25, 0.3) is 0 Å². The van der Waals surface area contributed by atoms with E-state index in [4.69, 9.17) is 16.3 Å². The molecule has 1 aromatic carbocycles. The number of hydrogen-bond donors (Lipinski definition) is 2. The van der Waals surface area contributed by atoms with Gasteiger partial charge in [-0.3, -0.25) is 4.79 Å². The van der Waals surface area contributed by atoms with Crippen LogP contribution in [0.4, 0.5) is 5.69 Å². The number of amides is 1. The number of nitrogens with one attached hydrogen (secondary N) is 1. The van der Waals surface area contributed by atoms with Gasteiger partial charge in [-0.25, -0.2) is 0 Å². The number of carbonyl (C=O) groups is 1. The Balaban J connectivity index is 2.46. The van der Waals surface area contributed by atoms with Gasteiger partial charge in [0.2, 0.25) is 5.91 Å². The van der Waals surface area contributed by atoms with Crippen molar-refractivity contribution < 1.29 is 14.6 Å². The lowest BCUT2D eigenvalue weighted by Gasteiger charge is -2.16. The van der Waals surface area contributed by atoms with Crippen molar-refractivity contribution in [1.29, 1.82) is 0 Å². The molecule has 17 heavy (non-hydrogen) atoms. The predicted molar refractivity (Wildman–Crippen MR) is 65.4 cm³/mol. The predicted octanol–water partition coefficient (Wildman–Crippen LogP) is 1.82. The first-order valence-corrected chi connectivity index (χ1v) is 5.71. The average molecular weight is 256 g/mol. The number of halogens is 1. The second-order valence-corrected chi connectivity index (χ2v) is 4.51. The zero-order valence-corrected chi connectivity index (χ0v) is 10.5. The van der Waals surface area contributed by atoms with Gasteiger partial charge in [-0.2, -0.15) is 0 Å². The molecule has 0 bridgehead atoms. The van der Waals surface area contributed by atoms with Gasteiger partial charge in [0.1, 0.15) is 6.10 Å². The Kier molecular flexibility index (Phi) is 3.38. The molecule has 0 saturated heterocycles. The van der Waals surface area contributed by atoms with Crippen molar-refractivity contribution in [2.45, 2.75) is 19.4 Å². The monoisotopic (exact) mass is 255 g/mol. The second kappa shape index (κ2) is 4.64. The Hall–Kier alpha value is -1.10. The van der Waals surface area contributed by atoms with Crippen LogP contribution in [0.15, 0.2) is 6.07 Å². The zero-order chi connectivity index (χ0) is 12.6. The number of fused-ring (bicyclic) bond motifs is 1. The normalized spacial score (nSPS) is 15.6. The van der Waals surface area contributed by atoms with E-state index < -0.39 is 6.10 Å². The topological polar surface area (TPSA) is 58.6 Å². The maximum Gasteiger partial charge on any atom is 0.228 e. The van der Waals surface area contributed by atoms with Crippen LogP contribution in [-0.4, -0.2) is 24.7 Å². The van der Waals surface area contributed by atoms with Crippen LogP contribution in [-0.2, 0) is 16.0 Å². The number of ether oxygens (including phenoxy) is 1. The summed E-state index contributed by atoms with van der Waals surface area (Å²) in [5.41, 5.74) is 3.05. The van der Waals surface area contributed by atoms with Crippen molar-refractivity contribution in [3.05, 3.63) is 27.8 Å². The lowest BCUT2D eigenvalue weighted by molar-refractivity contribution is -0.115. The molecule has 2 rings (SSSR count). The fourth-order valence-electron chi connectivity index (χ4n) is 2.05. The van der Waals surface area contributed by atoms with Gasteiger partial charge < -0.3 is 15.2 Å². The highest BCUT2D eigenvalue weighted by atomic mass is 35.5. The third-order valence-corrected chi connectivity index (χ3v) is 3.41. The Morgan fingerprint density at radius 1 is 1.65 bits per heavy atom. The molecule has 1 aromatic rings. The van der Waals surface area contributed by atoms with Gasteiger partial charge in [0.05, 0.1) is 18.1 Å². The van der Waals surface area contributed by atoms with Crippen LogP contribution in [0.3, 0.4) is 0 Å². The lowest BCUT2D eigenvalue weighted by atomic mass is 10.0. The number of aliphatic hydroxyl groups excluding tert-OH is 1. The Morgan fingerprint density at radius 2 is 2.35 bits per heavy atom. The molecular formula is C12H14ClNO3. The molecule has 4 nitrogen and oxygen atoms in total. The number of aliphatic hydroxyl groups is 1. The molecule has 0 saturated carbocycles. The first-order valence-electron chi connectivity index (χ1n) is 5.33. The first kappa shape index (κ1) is 12.4.